The zero-order valence-corrected chi connectivity index (χ0v) is 18.5. The van der Waals surface area contributed by atoms with E-state index in [0.717, 1.165) is 0 Å². The lowest BCUT2D eigenvalue weighted by molar-refractivity contribution is -0.134. The van der Waals surface area contributed by atoms with Crippen molar-refractivity contribution in [1.29, 1.82) is 0 Å². The summed E-state index contributed by atoms with van der Waals surface area (Å²) >= 11 is 1.57. The number of amides is 2. The summed E-state index contributed by atoms with van der Waals surface area (Å²) in [4.78, 5) is 26.3. The molecule has 0 spiro atoms. The molecule has 0 radical (unpaired) electrons. The van der Waals surface area contributed by atoms with Gasteiger partial charge < -0.3 is 15.0 Å². The first-order chi connectivity index (χ1) is 12.5. The van der Waals surface area contributed by atoms with Crippen molar-refractivity contribution in [3.63, 3.8) is 0 Å². The molecule has 8 nitrogen and oxygen atoms in total. The smallest absolute Gasteiger partial charge is 0.407 e. The Kier molecular flexibility index (Phi) is 9.36. The predicted octanol–water partition coefficient (Wildman–Crippen LogP) is 1.56. The highest BCUT2D eigenvalue weighted by molar-refractivity contribution is 7.98. The molecular formula is C17H33N3O5S2. The summed E-state index contributed by atoms with van der Waals surface area (Å²) in [5.41, 5.74) is -0.554. The molecule has 0 bridgehead atoms. The van der Waals surface area contributed by atoms with Crippen LogP contribution in [0.3, 0.4) is 0 Å². The van der Waals surface area contributed by atoms with E-state index in [9.17, 15) is 18.0 Å². The minimum Gasteiger partial charge on any atom is -0.444 e. The Bertz CT molecular complexity index is 596. The Labute approximate surface area is 167 Å². The lowest BCUT2D eigenvalue weighted by Crippen LogP contribution is -2.53. The molecule has 0 aromatic heterocycles. The molecule has 1 fully saturated rings. The molecular weight excluding hydrogens is 390 g/mol. The van der Waals surface area contributed by atoms with Gasteiger partial charge in [0.25, 0.3) is 0 Å². The van der Waals surface area contributed by atoms with Crippen LogP contribution in [0.4, 0.5) is 4.79 Å². The van der Waals surface area contributed by atoms with E-state index in [1.807, 2.05) is 6.26 Å². The third-order valence-electron chi connectivity index (χ3n) is 4.14. The average Bonchev–Trinajstić information content (AvgIpc) is 2.57. The lowest BCUT2D eigenvalue weighted by atomic mass is 10.0. The molecule has 0 saturated carbocycles. The third-order valence-corrected chi connectivity index (χ3v) is 6.19. The first kappa shape index (κ1) is 24.0. The molecule has 27 heavy (non-hydrogen) atoms. The zero-order chi connectivity index (χ0) is 20.7. The SMILES string of the molecule is CCS(=O)(=O)NC(CCSC)C(=O)N1CCC(NC(=O)OC(C)(C)C)CC1. The number of sulfonamides is 1. The fourth-order valence-electron chi connectivity index (χ4n) is 2.71. The maximum atomic E-state index is 12.8. The van der Waals surface area contributed by atoms with E-state index in [2.05, 4.69) is 10.0 Å². The number of nitrogens with zero attached hydrogens (tertiary/aromatic N) is 1. The van der Waals surface area contributed by atoms with Crippen LogP contribution in [0.5, 0.6) is 0 Å². The fourth-order valence-corrected chi connectivity index (χ4v) is 4.00. The molecule has 10 heteroatoms. The van der Waals surface area contributed by atoms with Crippen LogP contribution in [0.25, 0.3) is 0 Å². The molecule has 1 aliphatic rings. The summed E-state index contributed by atoms with van der Waals surface area (Å²) in [7, 11) is -3.46. The van der Waals surface area contributed by atoms with E-state index in [1.54, 1.807) is 44.4 Å². The number of carbonyl (C=O) groups excluding carboxylic acids is 2. The minimum atomic E-state index is -3.46. The molecule has 1 unspecified atom stereocenters. The molecule has 1 rings (SSSR count). The number of hydrogen-bond acceptors (Lipinski definition) is 6. The van der Waals surface area contributed by atoms with Crippen LogP contribution in [0.15, 0.2) is 0 Å². The molecule has 1 saturated heterocycles. The van der Waals surface area contributed by atoms with Crippen molar-refractivity contribution in [2.24, 2.45) is 0 Å². The first-order valence-corrected chi connectivity index (χ1v) is 12.3. The van der Waals surface area contributed by atoms with E-state index in [-0.39, 0.29) is 17.7 Å². The lowest BCUT2D eigenvalue weighted by Gasteiger charge is -2.35. The Morgan fingerprint density at radius 1 is 1.26 bits per heavy atom. The van der Waals surface area contributed by atoms with Crippen LogP contribution in [-0.4, -0.2) is 73.9 Å². The molecule has 1 aliphatic heterocycles. The Morgan fingerprint density at radius 3 is 2.33 bits per heavy atom. The number of thioether (sulfide) groups is 1. The van der Waals surface area contributed by atoms with E-state index in [0.29, 0.717) is 38.1 Å². The van der Waals surface area contributed by atoms with E-state index < -0.39 is 27.8 Å². The molecule has 158 valence electrons. The van der Waals surface area contributed by atoms with Crippen LogP contribution in [0.1, 0.15) is 47.0 Å². The molecule has 0 aliphatic carbocycles. The maximum absolute atomic E-state index is 12.8. The number of hydrogen-bond donors (Lipinski definition) is 2. The number of nitrogens with one attached hydrogen (secondary N) is 2. The van der Waals surface area contributed by atoms with Gasteiger partial charge in [-0.15, -0.1) is 0 Å². The number of ether oxygens (including phenoxy) is 1. The van der Waals surface area contributed by atoms with Crippen molar-refractivity contribution in [3.8, 4) is 0 Å². The standard InChI is InChI=1S/C17H33N3O5S2/c1-6-27(23,24)19-14(9-12-26-5)15(21)20-10-7-13(8-11-20)18-16(22)25-17(2,3)4/h13-14,19H,6-12H2,1-5H3,(H,18,22). The van der Waals surface area contributed by atoms with E-state index in [4.69, 9.17) is 4.74 Å². The second-order valence-corrected chi connectivity index (χ2v) is 10.6. The van der Waals surface area contributed by atoms with Gasteiger partial charge in [-0.05, 0) is 59.0 Å². The van der Waals surface area contributed by atoms with Gasteiger partial charge in [-0.25, -0.2) is 17.9 Å². The van der Waals surface area contributed by atoms with Gasteiger partial charge in [0, 0.05) is 19.1 Å². The van der Waals surface area contributed by atoms with Crippen LogP contribution in [0.2, 0.25) is 0 Å². The van der Waals surface area contributed by atoms with Gasteiger partial charge in [0.15, 0.2) is 0 Å². The topological polar surface area (TPSA) is 105 Å². The van der Waals surface area contributed by atoms with E-state index >= 15 is 0 Å². The molecule has 0 aromatic rings. The normalized spacial score (nSPS) is 17.4. The average molecular weight is 424 g/mol. The van der Waals surface area contributed by atoms with Crippen molar-refractivity contribution in [3.05, 3.63) is 0 Å². The van der Waals surface area contributed by atoms with E-state index in [1.165, 1.54) is 0 Å². The minimum absolute atomic E-state index is 0.0547. The molecule has 0 aromatic carbocycles. The van der Waals surface area contributed by atoms with Crippen molar-refractivity contribution in [1.82, 2.24) is 14.9 Å². The van der Waals surface area contributed by atoms with Gasteiger partial charge in [0.05, 0.1) is 5.75 Å². The number of rotatable bonds is 8. The maximum Gasteiger partial charge on any atom is 0.407 e. The Balaban J connectivity index is 2.59. The first-order valence-electron chi connectivity index (χ1n) is 9.24. The van der Waals surface area contributed by atoms with Crippen molar-refractivity contribution < 1.29 is 22.7 Å². The van der Waals surface area contributed by atoms with Gasteiger partial charge in [-0.3, -0.25) is 4.79 Å². The van der Waals surface area contributed by atoms with Crippen LogP contribution in [0, 0.1) is 0 Å². The van der Waals surface area contributed by atoms with Crippen molar-refractivity contribution in [2.75, 3.05) is 30.9 Å². The fraction of sp³-hybridized carbons (Fsp3) is 0.882. The second kappa shape index (κ2) is 10.5. The van der Waals surface area contributed by atoms with Gasteiger partial charge in [-0.1, -0.05) is 0 Å². The largest absolute Gasteiger partial charge is 0.444 e. The van der Waals surface area contributed by atoms with Crippen LogP contribution < -0.4 is 10.0 Å². The number of alkyl carbamates (subject to hydrolysis) is 1. The highest BCUT2D eigenvalue weighted by Gasteiger charge is 2.31. The second-order valence-electron chi connectivity index (χ2n) is 7.60. The number of piperidine rings is 1. The molecule has 1 heterocycles. The van der Waals surface area contributed by atoms with Gasteiger partial charge >= 0.3 is 6.09 Å². The van der Waals surface area contributed by atoms with Crippen LogP contribution in [-0.2, 0) is 19.6 Å². The van der Waals surface area contributed by atoms with Crippen LogP contribution >= 0.6 is 11.8 Å². The monoisotopic (exact) mass is 423 g/mol. The summed E-state index contributed by atoms with van der Waals surface area (Å²) in [5.74, 6) is 0.439. The summed E-state index contributed by atoms with van der Waals surface area (Å²) in [6.07, 6.45) is 3.14. The molecule has 1 atom stereocenters. The molecule has 2 N–H and O–H groups in total. The van der Waals surface area contributed by atoms with Crippen molar-refractivity contribution >= 4 is 33.8 Å². The highest BCUT2D eigenvalue weighted by atomic mass is 32.2. The number of likely N-dealkylation sites (tertiary alicyclic amines) is 1. The summed E-state index contributed by atoms with van der Waals surface area (Å²) < 4.78 is 31.6. The zero-order valence-electron chi connectivity index (χ0n) is 16.9. The number of carbonyl (C=O) groups is 2. The van der Waals surface area contributed by atoms with Gasteiger partial charge in [0.1, 0.15) is 11.6 Å². The summed E-state index contributed by atoms with van der Waals surface area (Å²) in [5, 5.41) is 2.83. The van der Waals surface area contributed by atoms with Crippen molar-refractivity contribution in [2.45, 2.75) is 64.6 Å². The quantitative estimate of drug-likeness (QED) is 0.614. The van der Waals surface area contributed by atoms with Gasteiger partial charge in [0.2, 0.25) is 15.9 Å². The van der Waals surface area contributed by atoms with Gasteiger partial charge in [-0.2, -0.15) is 11.8 Å². The predicted molar refractivity (Wildman–Crippen MR) is 108 cm³/mol. The third kappa shape index (κ3) is 9.16. The summed E-state index contributed by atoms with van der Waals surface area (Å²) in [6.45, 7) is 7.91. The highest BCUT2D eigenvalue weighted by Crippen LogP contribution is 2.15. The Morgan fingerprint density at radius 2 is 1.85 bits per heavy atom. The summed E-state index contributed by atoms with van der Waals surface area (Å²) in [6, 6.07) is -0.793. The molecule has 2 amide bonds. The Hall–Kier alpha value is -1.00.